The molecule has 10 heteroatoms. The lowest BCUT2D eigenvalue weighted by Gasteiger charge is -2.34. The summed E-state index contributed by atoms with van der Waals surface area (Å²) in [6.07, 6.45) is 3.62. The molecular weight excluding hydrogens is 414 g/mol. The van der Waals surface area contributed by atoms with Crippen LogP contribution in [0.4, 0.5) is 11.6 Å². The molecule has 9 nitrogen and oxygen atoms in total. The van der Waals surface area contributed by atoms with Gasteiger partial charge in [-0.2, -0.15) is 0 Å². The van der Waals surface area contributed by atoms with Crippen LogP contribution >= 0.6 is 11.3 Å². The maximum Gasteiger partial charge on any atom is 0.329 e. The largest absolute Gasteiger partial charge is 0.365 e. The minimum Gasteiger partial charge on any atom is -0.365 e. The zero-order valence-electron chi connectivity index (χ0n) is 16.9. The van der Waals surface area contributed by atoms with Crippen molar-refractivity contribution in [1.82, 2.24) is 24.5 Å². The number of nitrogens with zero attached hydrogens (tertiary/aromatic N) is 5. The number of hydrogen-bond donors (Lipinski definition) is 2. The van der Waals surface area contributed by atoms with Crippen LogP contribution < -0.4 is 21.5 Å². The third kappa shape index (κ3) is 3.81. The fraction of sp³-hybridized carbons (Fsp3) is 0.286. The van der Waals surface area contributed by atoms with Gasteiger partial charge in [-0.05, 0) is 36.4 Å². The molecule has 1 atom stereocenters. The first kappa shape index (κ1) is 19.4. The molecule has 1 aliphatic rings. The summed E-state index contributed by atoms with van der Waals surface area (Å²) in [6, 6.07) is 9.28. The minimum atomic E-state index is -0.409. The second-order valence-corrected chi connectivity index (χ2v) is 8.43. The second-order valence-electron chi connectivity index (χ2n) is 7.54. The summed E-state index contributed by atoms with van der Waals surface area (Å²) in [5, 5.41) is 6.55. The lowest BCUT2D eigenvalue weighted by atomic mass is 10.1. The van der Waals surface area contributed by atoms with Crippen molar-refractivity contribution in [3.8, 4) is 11.5 Å². The number of pyridine rings is 1. The van der Waals surface area contributed by atoms with Gasteiger partial charge in [-0.3, -0.25) is 19.3 Å². The lowest BCUT2D eigenvalue weighted by molar-refractivity contribution is 0.524. The first-order valence-corrected chi connectivity index (χ1v) is 10.9. The van der Waals surface area contributed by atoms with E-state index in [1.807, 2.05) is 34.5 Å². The normalized spacial score (nSPS) is 16.5. The molecule has 1 saturated heterocycles. The molecule has 0 bridgehead atoms. The van der Waals surface area contributed by atoms with Crippen LogP contribution in [0.2, 0.25) is 0 Å². The van der Waals surface area contributed by atoms with Gasteiger partial charge in [0.25, 0.3) is 5.56 Å². The molecule has 31 heavy (non-hydrogen) atoms. The maximum absolute atomic E-state index is 12.0. The number of aromatic nitrogens is 5. The average Bonchev–Trinajstić information content (AvgIpc) is 3.27. The van der Waals surface area contributed by atoms with Crippen molar-refractivity contribution < 1.29 is 0 Å². The van der Waals surface area contributed by atoms with Gasteiger partial charge in [-0.1, -0.05) is 6.07 Å². The Bertz CT molecular complexity index is 1310. The number of H-pyrrole nitrogens is 1. The van der Waals surface area contributed by atoms with E-state index in [9.17, 15) is 9.59 Å². The SMILES string of the molecule is Cn1c(=O)cc(N2CCCC(Nc3nc(-c4ccccn4)nc4sccc34)C2)[nH]c1=O. The Morgan fingerprint density at radius 3 is 2.94 bits per heavy atom. The Morgan fingerprint density at radius 2 is 2.13 bits per heavy atom. The van der Waals surface area contributed by atoms with Crippen LogP contribution in [-0.2, 0) is 7.05 Å². The fourth-order valence-electron chi connectivity index (χ4n) is 3.80. The summed E-state index contributed by atoms with van der Waals surface area (Å²) in [4.78, 5) is 43.6. The molecule has 2 N–H and O–H groups in total. The zero-order valence-corrected chi connectivity index (χ0v) is 17.7. The second kappa shape index (κ2) is 7.95. The van der Waals surface area contributed by atoms with E-state index in [-0.39, 0.29) is 11.6 Å². The predicted molar refractivity (Wildman–Crippen MR) is 122 cm³/mol. The van der Waals surface area contributed by atoms with Gasteiger partial charge in [0, 0.05) is 38.4 Å². The third-order valence-electron chi connectivity index (χ3n) is 5.45. The number of hydrogen-bond acceptors (Lipinski definition) is 8. The summed E-state index contributed by atoms with van der Waals surface area (Å²) in [6.45, 7) is 1.43. The van der Waals surface area contributed by atoms with E-state index >= 15 is 0 Å². The maximum atomic E-state index is 12.0. The number of anilines is 2. The lowest BCUT2D eigenvalue weighted by Crippen LogP contribution is -2.44. The molecule has 4 aromatic rings. The summed E-state index contributed by atoms with van der Waals surface area (Å²) in [5.41, 5.74) is 0.00168. The van der Waals surface area contributed by atoms with E-state index in [1.165, 1.54) is 13.1 Å². The molecule has 1 aliphatic heterocycles. The van der Waals surface area contributed by atoms with Gasteiger partial charge in [0.1, 0.15) is 22.2 Å². The highest BCUT2D eigenvalue weighted by molar-refractivity contribution is 7.16. The highest BCUT2D eigenvalue weighted by atomic mass is 32.1. The van der Waals surface area contributed by atoms with Gasteiger partial charge in [0.15, 0.2) is 5.82 Å². The average molecular weight is 436 g/mol. The smallest absolute Gasteiger partial charge is 0.329 e. The van der Waals surface area contributed by atoms with E-state index in [0.29, 0.717) is 18.2 Å². The van der Waals surface area contributed by atoms with Gasteiger partial charge in [-0.25, -0.2) is 14.8 Å². The van der Waals surface area contributed by atoms with Gasteiger partial charge in [-0.15, -0.1) is 11.3 Å². The van der Waals surface area contributed by atoms with Gasteiger partial charge >= 0.3 is 5.69 Å². The molecule has 1 unspecified atom stereocenters. The number of nitrogens with one attached hydrogen (secondary N) is 2. The van der Waals surface area contributed by atoms with Crippen molar-refractivity contribution >= 4 is 33.2 Å². The Balaban J connectivity index is 1.44. The molecular formula is C21H21N7O2S. The summed E-state index contributed by atoms with van der Waals surface area (Å²) in [5.74, 6) is 1.91. The van der Waals surface area contributed by atoms with E-state index in [0.717, 1.165) is 45.7 Å². The van der Waals surface area contributed by atoms with Crippen LogP contribution in [0, 0.1) is 0 Å². The molecule has 4 aromatic heterocycles. The van der Waals surface area contributed by atoms with Crippen molar-refractivity contribution in [1.29, 1.82) is 0 Å². The molecule has 5 heterocycles. The number of rotatable bonds is 4. The van der Waals surface area contributed by atoms with E-state index < -0.39 is 5.69 Å². The number of thiophene rings is 1. The minimum absolute atomic E-state index is 0.107. The van der Waals surface area contributed by atoms with Crippen LogP contribution in [0.25, 0.3) is 21.7 Å². The van der Waals surface area contributed by atoms with E-state index in [4.69, 9.17) is 4.98 Å². The summed E-state index contributed by atoms with van der Waals surface area (Å²) >= 11 is 1.57. The van der Waals surface area contributed by atoms with Crippen LogP contribution in [0.3, 0.4) is 0 Å². The molecule has 0 aromatic carbocycles. The highest BCUT2D eigenvalue weighted by Gasteiger charge is 2.23. The van der Waals surface area contributed by atoms with E-state index in [1.54, 1.807) is 17.5 Å². The van der Waals surface area contributed by atoms with Crippen molar-refractivity contribution in [2.45, 2.75) is 18.9 Å². The Kier molecular flexibility index (Phi) is 4.99. The molecule has 0 aliphatic carbocycles. The molecule has 158 valence electrons. The number of fused-ring (bicyclic) bond motifs is 1. The summed E-state index contributed by atoms with van der Waals surface area (Å²) < 4.78 is 1.07. The Hall–Kier alpha value is -3.53. The van der Waals surface area contributed by atoms with E-state index in [2.05, 4.69) is 20.3 Å². The number of aromatic amines is 1. The zero-order chi connectivity index (χ0) is 21.4. The highest BCUT2D eigenvalue weighted by Crippen LogP contribution is 2.29. The quantitative estimate of drug-likeness (QED) is 0.506. The molecule has 0 amide bonds. The molecule has 5 rings (SSSR count). The number of piperidine rings is 1. The molecule has 0 spiro atoms. The molecule has 1 fully saturated rings. The topological polar surface area (TPSA) is 109 Å². The first-order valence-electron chi connectivity index (χ1n) is 10.1. The van der Waals surface area contributed by atoms with Crippen molar-refractivity contribution in [2.24, 2.45) is 7.05 Å². The standard InChI is InChI=1S/C21H21N7O2S/c1-27-17(29)11-16(24-21(27)30)28-9-4-5-13(12-28)23-18-14-7-10-31-20(14)26-19(25-18)15-6-2-3-8-22-15/h2-3,6-8,10-11,13H,4-5,9,12H2,1H3,(H,24,30)(H,23,25,26). The van der Waals surface area contributed by atoms with Crippen LogP contribution in [-0.4, -0.2) is 43.6 Å². The van der Waals surface area contributed by atoms with Gasteiger partial charge in [0.2, 0.25) is 0 Å². The fourth-order valence-corrected chi connectivity index (χ4v) is 4.56. The monoisotopic (exact) mass is 435 g/mol. The van der Waals surface area contributed by atoms with Gasteiger partial charge < -0.3 is 10.2 Å². The predicted octanol–water partition coefficient (Wildman–Crippen LogP) is 2.22. The molecule has 0 saturated carbocycles. The Labute approximate surface area is 181 Å². The van der Waals surface area contributed by atoms with Crippen LogP contribution in [0.15, 0.2) is 51.5 Å². The van der Waals surface area contributed by atoms with Crippen molar-refractivity contribution in [3.05, 3.63) is 62.7 Å². The van der Waals surface area contributed by atoms with Gasteiger partial charge in [0.05, 0.1) is 5.39 Å². The third-order valence-corrected chi connectivity index (χ3v) is 6.26. The van der Waals surface area contributed by atoms with Crippen LogP contribution in [0.5, 0.6) is 0 Å². The Morgan fingerprint density at radius 1 is 1.23 bits per heavy atom. The van der Waals surface area contributed by atoms with Crippen molar-refractivity contribution in [3.63, 3.8) is 0 Å². The first-order chi connectivity index (χ1) is 15.1. The molecule has 0 radical (unpaired) electrons. The van der Waals surface area contributed by atoms with Crippen LogP contribution in [0.1, 0.15) is 12.8 Å². The summed E-state index contributed by atoms with van der Waals surface area (Å²) in [7, 11) is 1.46. The van der Waals surface area contributed by atoms with Crippen molar-refractivity contribution in [2.75, 3.05) is 23.3 Å².